The van der Waals surface area contributed by atoms with E-state index in [0.717, 1.165) is 39.9 Å². The summed E-state index contributed by atoms with van der Waals surface area (Å²) in [6.07, 6.45) is 0.859. The van der Waals surface area contributed by atoms with E-state index in [9.17, 15) is 4.79 Å². The lowest BCUT2D eigenvalue weighted by molar-refractivity contribution is -0.119. The van der Waals surface area contributed by atoms with Crippen molar-refractivity contribution < 1.29 is 14.3 Å². The zero-order valence-electron chi connectivity index (χ0n) is 17.9. The van der Waals surface area contributed by atoms with E-state index in [-0.39, 0.29) is 5.91 Å². The van der Waals surface area contributed by atoms with Gasteiger partial charge in [-0.1, -0.05) is 35.5 Å². The van der Waals surface area contributed by atoms with Crippen LogP contribution in [-0.4, -0.2) is 38.1 Å². The van der Waals surface area contributed by atoms with Gasteiger partial charge in [-0.15, -0.1) is 0 Å². The van der Waals surface area contributed by atoms with Gasteiger partial charge in [0.1, 0.15) is 0 Å². The van der Waals surface area contributed by atoms with Gasteiger partial charge < -0.3 is 9.47 Å². The van der Waals surface area contributed by atoms with E-state index in [1.165, 1.54) is 11.1 Å². The Morgan fingerprint density at radius 3 is 2.47 bits per heavy atom. The number of benzene rings is 3. The molecule has 0 fully saturated rings. The Bertz CT molecular complexity index is 1200. The number of hydrogen-bond acceptors (Lipinski definition) is 5. The molecule has 164 valence electrons. The number of carbonyl (C=O) groups excluding carboxylic acids is 1. The smallest absolute Gasteiger partial charge is 0.245 e. The van der Waals surface area contributed by atoms with Gasteiger partial charge in [0.2, 0.25) is 5.91 Å². The van der Waals surface area contributed by atoms with Gasteiger partial charge in [-0.25, -0.2) is 0 Å². The number of para-hydroxylation sites is 1. The van der Waals surface area contributed by atoms with Gasteiger partial charge in [-0.05, 0) is 60.0 Å². The third kappa shape index (κ3) is 3.83. The molecule has 2 aliphatic rings. The Kier molecular flexibility index (Phi) is 5.76. The maximum Gasteiger partial charge on any atom is 0.245 e. The Morgan fingerprint density at radius 2 is 1.69 bits per heavy atom. The first kappa shape index (κ1) is 21.2. The number of amides is 1. The van der Waals surface area contributed by atoms with E-state index >= 15 is 0 Å². The van der Waals surface area contributed by atoms with Gasteiger partial charge in [-0.2, -0.15) is 0 Å². The molecule has 0 saturated heterocycles. The van der Waals surface area contributed by atoms with Crippen molar-refractivity contribution in [3.63, 3.8) is 0 Å². The maximum atomic E-state index is 13.6. The highest BCUT2D eigenvalue weighted by Crippen LogP contribution is 2.48. The van der Waals surface area contributed by atoms with Gasteiger partial charge in [0, 0.05) is 27.9 Å². The van der Waals surface area contributed by atoms with Crippen molar-refractivity contribution in [1.29, 1.82) is 0 Å². The molecule has 0 spiro atoms. The summed E-state index contributed by atoms with van der Waals surface area (Å²) in [5, 5.41) is 0.620. The first-order valence-corrected chi connectivity index (χ1v) is 11.6. The molecule has 0 aromatic heterocycles. The highest BCUT2D eigenvalue weighted by atomic mass is 35.5. The lowest BCUT2D eigenvalue weighted by Gasteiger charge is -2.34. The predicted octanol–water partition coefficient (Wildman–Crippen LogP) is 5.54. The van der Waals surface area contributed by atoms with Crippen LogP contribution in [0.3, 0.4) is 0 Å². The summed E-state index contributed by atoms with van der Waals surface area (Å²) in [6, 6.07) is 17.8. The predicted molar refractivity (Wildman–Crippen MR) is 128 cm³/mol. The Morgan fingerprint density at radius 1 is 0.969 bits per heavy atom. The number of carbonyl (C=O) groups is 1. The van der Waals surface area contributed by atoms with Crippen LogP contribution in [0, 0.1) is 0 Å². The molecule has 0 radical (unpaired) electrons. The fourth-order valence-corrected chi connectivity index (χ4v) is 5.54. The summed E-state index contributed by atoms with van der Waals surface area (Å²) in [6.45, 7) is 1.81. The standard InChI is InChI=1S/C25H23ClN2O3S/c1-30-21-11-16-9-10-27(14-17(16)12-22(21)31-2)15-25(29)28-19-5-3-4-6-23(19)32-24-8-7-18(26)13-20(24)28/h3-8,11-13H,9-10,14-15H2,1-2H3. The van der Waals surface area contributed by atoms with Crippen LogP contribution in [0.1, 0.15) is 11.1 Å². The third-order valence-corrected chi connectivity index (χ3v) is 7.26. The molecule has 3 aromatic rings. The second kappa shape index (κ2) is 8.70. The summed E-state index contributed by atoms with van der Waals surface area (Å²) in [5.41, 5.74) is 4.15. The number of nitrogens with zero attached hydrogens (tertiary/aromatic N) is 2. The van der Waals surface area contributed by atoms with Gasteiger partial charge >= 0.3 is 0 Å². The van der Waals surface area contributed by atoms with Gasteiger partial charge in [0.25, 0.3) is 0 Å². The topological polar surface area (TPSA) is 42.0 Å². The maximum absolute atomic E-state index is 13.6. The molecule has 2 heterocycles. The van der Waals surface area contributed by atoms with Crippen molar-refractivity contribution in [3.8, 4) is 11.5 Å². The molecule has 0 saturated carbocycles. The minimum atomic E-state index is 0.0326. The molecule has 0 unspecified atom stereocenters. The molecule has 0 atom stereocenters. The minimum absolute atomic E-state index is 0.0326. The lowest BCUT2D eigenvalue weighted by atomic mass is 9.98. The van der Waals surface area contributed by atoms with Crippen LogP contribution in [0.5, 0.6) is 11.5 Å². The van der Waals surface area contributed by atoms with Crippen LogP contribution >= 0.6 is 23.4 Å². The van der Waals surface area contributed by atoms with Gasteiger partial charge in [0.15, 0.2) is 11.5 Å². The fraction of sp³-hybridized carbons (Fsp3) is 0.240. The van der Waals surface area contributed by atoms with E-state index in [4.69, 9.17) is 21.1 Å². The Hall–Kier alpha value is -2.67. The summed E-state index contributed by atoms with van der Waals surface area (Å²) in [7, 11) is 3.29. The molecule has 7 heteroatoms. The van der Waals surface area contributed by atoms with E-state index in [0.29, 0.717) is 23.9 Å². The zero-order valence-corrected chi connectivity index (χ0v) is 19.5. The van der Waals surface area contributed by atoms with Crippen molar-refractivity contribution in [2.45, 2.75) is 22.8 Å². The number of ether oxygens (including phenoxy) is 2. The SMILES string of the molecule is COc1cc2c(cc1OC)CN(CC(=O)N1c3ccccc3Sc3ccc(Cl)cc31)CC2. The van der Waals surface area contributed by atoms with Crippen molar-refractivity contribution >= 4 is 40.6 Å². The molecular weight excluding hydrogens is 444 g/mol. The summed E-state index contributed by atoms with van der Waals surface area (Å²) in [4.78, 5) is 19.7. The molecule has 0 aliphatic carbocycles. The first-order chi connectivity index (χ1) is 15.6. The number of methoxy groups -OCH3 is 2. The number of hydrogen-bond donors (Lipinski definition) is 0. The monoisotopic (exact) mass is 466 g/mol. The minimum Gasteiger partial charge on any atom is -0.493 e. The molecule has 32 heavy (non-hydrogen) atoms. The van der Waals surface area contributed by atoms with Crippen molar-refractivity contribution in [3.05, 3.63) is 70.7 Å². The second-order valence-electron chi connectivity index (χ2n) is 7.85. The quantitative estimate of drug-likeness (QED) is 0.504. The Balaban J connectivity index is 1.42. The zero-order chi connectivity index (χ0) is 22.2. The normalized spacial score (nSPS) is 14.9. The van der Waals surface area contributed by atoms with E-state index in [1.54, 1.807) is 26.0 Å². The fourth-order valence-electron chi connectivity index (χ4n) is 4.34. The number of rotatable bonds is 4. The van der Waals surface area contributed by atoms with Crippen LogP contribution < -0.4 is 14.4 Å². The third-order valence-electron chi connectivity index (χ3n) is 5.89. The van der Waals surface area contributed by atoms with Crippen LogP contribution in [0.15, 0.2) is 64.4 Å². The highest BCUT2D eigenvalue weighted by molar-refractivity contribution is 7.99. The van der Waals surface area contributed by atoms with Crippen molar-refractivity contribution in [1.82, 2.24) is 4.90 Å². The number of anilines is 2. The van der Waals surface area contributed by atoms with Crippen LogP contribution in [0.25, 0.3) is 0 Å². The van der Waals surface area contributed by atoms with E-state index in [2.05, 4.69) is 11.0 Å². The number of halogens is 1. The lowest BCUT2D eigenvalue weighted by Crippen LogP contribution is -2.41. The largest absolute Gasteiger partial charge is 0.493 e. The molecular formula is C25H23ClN2O3S. The average molecular weight is 467 g/mol. The van der Waals surface area contributed by atoms with E-state index in [1.807, 2.05) is 53.4 Å². The summed E-state index contributed by atoms with van der Waals surface area (Å²) >= 11 is 7.96. The molecule has 0 bridgehead atoms. The number of fused-ring (bicyclic) bond motifs is 3. The average Bonchev–Trinajstić information content (AvgIpc) is 2.81. The van der Waals surface area contributed by atoms with Gasteiger partial charge in [0.05, 0.1) is 32.1 Å². The van der Waals surface area contributed by atoms with Crippen LogP contribution in [-0.2, 0) is 17.8 Å². The molecule has 5 nitrogen and oxygen atoms in total. The first-order valence-electron chi connectivity index (χ1n) is 10.4. The summed E-state index contributed by atoms with van der Waals surface area (Å²) < 4.78 is 10.9. The van der Waals surface area contributed by atoms with Crippen molar-refractivity contribution in [2.75, 3.05) is 32.2 Å². The van der Waals surface area contributed by atoms with Crippen LogP contribution in [0.4, 0.5) is 11.4 Å². The van der Waals surface area contributed by atoms with Crippen LogP contribution in [0.2, 0.25) is 5.02 Å². The molecule has 3 aromatic carbocycles. The molecule has 0 N–H and O–H groups in total. The van der Waals surface area contributed by atoms with E-state index < -0.39 is 0 Å². The second-order valence-corrected chi connectivity index (χ2v) is 9.37. The molecule has 1 amide bonds. The molecule has 5 rings (SSSR count). The van der Waals surface area contributed by atoms with Crippen molar-refractivity contribution in [2.24, 2.45) is 0 Å². The molecule has 2 aliphatic heterocycles. The summed E-state index contributed by atoms with van der Waals surface area (Å²) in [5.74, 6) is 1.49. The Labute approximate surface area is 196 Å². The van der Waals surface area contributed by atoms with Gasteiger partial charge in [-0.3, -0.25) is 14.6 Å². The highest BCUT2D eigenvalue weighted by Gasteiger charge is 2.30.